The van der Waals surface area contributed by atoms with E-state index >= 15 is 0 Å². The zero-order chi connectivity index (χ0) is 29.6. The number of likely N-dealkylation sites (N-methyl/N-ethyl adjacent to an activating group) is 1. The fraction of sp³-hybridized carbons (Fsp3) is 0.182. The summed E-state index contributed by atoms with van der Waals surface area (Å²) in [5.74, 6) is -1.70. The van der Waals surface area contributed by atoms with Crippen molar-refractivity contribution in [2.24, 2.45) is 0 Å². The quantitative estimate of drug-likeness (QED) is 0.179. The fourth-order valence-corrected chi connectivity index (χ4v) is 5.69. The number of carboxylic acid groups (broad SMARTS) is 1. The standard InChI is InChI=1S/C33H30IN3O5/c1-37(18-21-9-3-2-4-10-21)19-30(31(38)35-29-17-22(32(39)40)15-16-28(29)34)36-33(41)42-20-27-25-13-7-5-11-23(25)24-12-6-8-14-26(24)27/h2-17,27,30H,18-20H2,1H3,(H,35,38)(H,36,41)(H,39,40). The third kappa shape index (κ3) is 6.80. The second-order valence-electron chi connectivity index (χ2n) is 10.2. The van der Waals surface area contributed by atoms with Crippen molar-refractivity contribution in [3.05, 3.63) is 123 Å². The Morgan fingerprint density at radius 3 is 2.17 bits per heavy atom. The maximum atomic E-state index is 13.5. The Morgan fingerprint density at radius 2 is 1.52 bits per heavy atom. The maximum Gasteiger partial charge on any atom is 0.407 e. The number of nitrogens with one attached hydrogen (secondary N) is 2. The van der Waals surface area contributed by atoms with Crippen LogP contribution in [0, 0.1) is 3.57 Å². The van der Waals surface area contributed by atoms with Gasteiger partial charge in [0.2, 0.25) is 5.91 Å². The minimum absolute atomic E-state index is 0.0490. The molecular weight excluding hydrogens is 645 g/mol. The van der Waals surface area contributed by atoms with E-state index in [4.69, 9.17) is 4.74 Å². The van der Waals surface area contributed by atoms with Gasteiger partial charge in [-0.1, -0.05) is 78.9 Å². The van der Waals surface area contributed by atoms with Crippen molar-refractivity contribution in [2.75, 3.05) is 25.5 Å². The molecular formula is C33H30IN3O5. The molecule has 0 fully saturated rings. The van der Waals surface area contributed by atoms with Crippen molar-refractivity contribution in [1.82, 2.24) is 10.2 Å². The summed E-state index contributed by atoms with van der Waals surface area (Å²) in [5.41, 5.74) is 5.90. The molecule has 4 aromatic carbocycles. The van der Waals surface area contributed by atoms with Crippen molar-refractivity contribution in [1.29, 1.82) is 0 Å². The summed E-state index contributed by atoms with van der Waals surface area (Å²) in [7, 11) is 1.86. The van der Waals surface area contributed by atoms with Crippen molar-refractivity contribution in [2.45, 2.75) is 18.5 Å². The summed E-state index contributed by atoms with van der Waals surface area (Å²) in [4.78, 5) is 40.0. The maximum absolute atomic E-state index is 13.5. The van der Waals surface area contributed by atoms with Gasteiger partial charge in [-0.15, -0.1) is 0 Å². The number of aromatic carboxylic acids is 1. The number of carbonyl (C=O) groups excluding carboxylic acids is 2. The molecule has 214 valence electrons. The Balaban J connectivity index is 1.30. The van der Waals surface area contributed by atoms with Gasteiger partial charge in [0.25, 0.3) is 0 Å². The molecule has 2 amide bonds. The van der Waals surface area contributed by atoms with Gasteiger partial charge < -0.3 is 20.5 Å². The van der Waals surface area contributed by atoms with Crippen LogP contribution in [0.2, 0.25) is 0 Å². The number of anilines is 1. The highest BCUT2D eigenvalue weighted by Gasteiger charge is 2.30. The number of hydrogen-bond donors (Lipinski definition) is 3. The first-order valence-electron chi connectivity index (χ1n) is 13.5. The molecule has 8 nitrogen and oxygen atoms in total. The molecule has 3 N–H and O–H groups in total. The van der Waals surface area contributed by atoms with Gasteiger partial charge in [0.15, 0.2) is 0 Å². The molecule has 1 aliphatic rings. The topological polar surface area (TPSA) is 108 Å². The van der Waals surface area contributed by atoms with Crippen molar-refractivity contribution in [3.8, 4) is 11.1 Å². The molecule has 0 aromatic heterocycles. The molecule has 4 aromatic rings. The Bertz CT molecular complexity index is 1570. The van der Waals surface area contributed by atoms with Gasteiger partial charge in [-0.25, -0.2) is 9.59 Å². The predicted molar refractivity (Wildman–Crippen MR) is 170 cm³/mol. The number of carboxylic acids is 1. The largest absolute Gasteiger partial charge is 0.478 e. The van der Waals surface area contributed by atoms with E-state index < -0.39 is 24.0 Å². The number of benzene rings is 4. The molecule has 0 saturated heterocycles. The fourth-order valence-electron chi connectivity index (χ4n) is 5.22. The lowest BCUT2D eigenvalue weighted by atomic mass is 9.98. The van der Waals surface area contributed by atoms with Crippen LogP contribution in [-0.2, 0) is 16.1 Å². The van der Waals surface area contributed by atoms with Crippen molar-refractivity contribution < 1.29 is 24.2 Å². The van der Waals surface area contributed by atoms with Gasteiger partial charge in [0.05, 0.1) is 11.3 Å². The van der Waals surface area contributed by atoms with E-state index in [1.807, 2.05) is 101 Å². The van der Waals surface area contributed by atoms with Gasteiger partial charge >= 0.3 is 12.1 Å². The second kappa shape index (κ2) is 13.2. The lowest BCUT2D eigenvalue weighted by molar-refractivity contribution is -0.118. The highest BCUT2D eigenvalue weighted by molar-refractivity contribution is 14.1. The summed E-state index contributed by atoms with van der Waals surface area (Å²) in [6.45, 7) is 0.871. The summed E-state index contributed by atoms with van der Waals surface area (Å²) in [6.07, 6.45) is -0.709. The van der Waals surface area contributed by atoms with E-state index in [1.54, 1.807) is 6.07 Å². The number of alkyl carbamates (subject to hydrolysis) is 1. The van der Waals surface area contributed by atoms with Crippen LogP contribution in [0.1, 0.15) is 33.0 Å². The third-order valence-corrected chi connectivity index (χ3v) is 8.15. The number of halogens is 1. The molecule has 42 heavy (non-hydrogen) atoms. The van der Waals surface area contributed by atoms with E-state index in [9.17, 15) is 19.5 Å². The molecule has 0 radical (unpaired) electrons. The molecule has 0 bridgehead atoms. The molecule has 1 atom stereocenters. The van der Waals surface area contributed by atoms with Gasteiger partial charge in [0, 0.05) is 22.6 Å². The Morgan fingerprint density at radius 1 is 0.905 bits per heavy atom. The van der Waals surface area contributed by atoms with E-state index in [0.717, 1.165) is 27.8 Å². The molecule has 0 heterocycles. The number of hydrogen-bond acceptors (Lipinski definition) is 5. The van der Waals surface area contributed by atoms with Gasteiger partial charge in [-0.2, -0.15) is 0 Å². The smallest absolute Gasteiger partial charge is 0.407 e. The lowest BCUT2D eigenvalue weighted by Gasteiger charge is -2.25. The van der Waals surface area contributed by atoms with E-state index in [1.165, 1.54) is 12.1 Å². The first kappa shape index (κ1) is 29.3. The van der Waals surface area contributed by atoms with Crippen LogP contribution in [0.5, 0.6) is 0 Å². The Labute approximate surface area is 257 Å². The number of nitrogens with zero attached hydrogens (tertiary/aromatic N) is 1. The molecule has 1 aliphatic carbocycles. The minimum atomic E-state index is -1.10. The Kier molecular flexibility index (Phi) is 9.19. The third-order valence-electron chi connectivity index (χ3n) is 7.21. The van der Waals surface area contributed by atoms with Crippen LogP contribution in [0.3, 0.4) is 0 Å². The summed E-state index contributed by atoms with van der Waals surface area (Å²) in [6, 6.07) is 29.5. The second-order valence-corrected chi connectivity index (χ2v) is 11.4. The summed E-state index contributed by atoms with van der Waals surface area (Å²) in [5, 5.41) is 14.9. The van der Waals surface area contributed by atoms with Crippen LogP contribution >= 0.6 is 22.6 Å². The summed E-state index contributed by atoms with van der Waals surface area (Å²) < 4.78 is 6.39. The molecule has 0 aliphatic heterocycles. The van der Waals surface area contributed by atoms with E-state index in [-0.39, 0.29) is 24.6 Å². The van der Waals surface area contributed by atoms with Crippen molar-refractivity contribution in [3.63, 3.8) is 0 Å². The number of fused-ring (bicyclic) bond motifs is 3. The molecule has 9 heteroatoms. The van der Waals surface area contributed by atoms with Gasteiger partial charge in [-0.3, -0.25) is 9.69 Å². The minimum Gasteiger partial charge on any atom is -0.478 e. The number of ether oxygens (including phenoxy) is 1. The highest BCUT2D eigenvalue weighted by Crippen LogP contribution is 2.44. The normalized spacial score (nSPS) is 12.7. The first-order valence-corrected chi connectivity index (χ1v) is 14.6. The van der Waals surface area contributed by atoms with E-state index in [0.29, 0.717) is 15.8 Å². The SMILES string of the molecule is CN(Cc1ccccc1)CC(NC(=O)OCC1c2ccccc2-c2ccccc21)C(=O)Nc1cc(C(=O)O)ccc1I. The van der Waals surface area contributed by atoms with Gasteiger partial charge in [-0.05, 0) is 75.7 Å². The van der Waals surface area contributed by atoms with Crippen LogP contribution in [-0.4, -0.2) is 54.2 Å². The average molecular weight is 676 g/mol. The number of carbonyl (C=O) groups is 3. The molecule has 0 spiro atoms. The lowest BCUT2D eigenvalue weighted by Crippen LogP contribution is -2.50. The molecule has 1 unspecified atom stereocenters. The zero-order valence-corrected chi connectivity index (χ0v) is 25.1. The van der Waals surface area contributed by atoms with Crippen LogP contribution in [0.4, 0.5) is 10.5 Å². The molecule has 0 saturated carbocycles. The van der Waals surface area contributed by atoms with Crippen LogP contribution in [0.15, 0.2) is 97.1 Å². The van der Waals surface area contributed by atoms with Crippen LogP contribution in [0.25, 0.3) is 11.1 Å². The zero-order valence-electron chi connectivity index (χ0n) is 22.9. The monoisotopic (exact) mass is 675 g/mol. The number of rotatable bonds is 10. The first-order chi connectivity index (χ1) is 20.3. The number of amides is 2. The molecule has 5 rings (SSSR count). The highest BCUT2D eigenvalue weighted by atomic mass is 127. The van der Waals surface area contributed by atoms with Gasteiger partial charge in [0.1, 0.15) is 12.6 Å². The van der Waals surface area contributed by atoms with Crippen LogP contribution < -0.4 is 10.6 Å². The Hall–Kier alpha value is -4.22. The van der Waals surface area contributed by atoms with E-state index in [2.05, 4.69) is 22.8 Å². The summed E-state index contributed by atoms with van der Waals surface area (Å²) >= 11 is 2.03. The van der Waals surface area contributed by atoms with Crippen molar-refractivity contribution >= 4 is 46.2 Å². The predicted octanol–water partition coefficient (Wildman–Crippen LogP) is 5.97. The average Bonchev–Trinajstić information content (AvgIpc) is 3.30.